The summed E-state index contributed by atoms with van der Waals surface area (Å²) >= 11 is 0. The molecule has 2 aliphatic rings. The highest BCUT2D eigenvalue weighted by atomic mass is 19.4. The van der Waals surface area contributed by atoms with E-state index in [9.17, 15) is 13.2 Å². The van der Waals surface area contributed by atoms with Gasteiger partial charge in [-0.25, -0.2) is 9.67 Å². The monoisotopic (exact) mass is 489 g/mol. The highest BCUT2D eigenvalue weighted by molar-refractivity contribution is 5.55. The SMILES string of the molecule is COCc1cc(Nc2ncn(-c3cccc(C(F)(F)F)c3)n2)nc(N2CCN(C3COC3)CC2)c1. The molecule has 2 fully saturated rings. The third kappa shape index (κ3) is 5.39. The summed E-state index contributed by atoms with van der Waals surface area (Å²) in [4.78, 5) is 13.6. The number of methoxy groups -OCH3 is 1. The first-order chi connectivity index (χ1) is 16.9. The molecule has 0 unspecified atom stereocenters. The van der Waals surface area contributed by atoms with Crippen LogP contribution >= 0.6 is 0 Å². The van der Waals surface area contributed by atoms with Gasteiger partial charge in [0.05, 0.1) is 37.1 Å². The van der Waals surface area contributed by atoms with Gasteiger partial charge < -0.3 is 19.7 Å². The lowest BCUT2D eigenvalue weighted by atomic mass is 10.1. The van der Waals surface area contributed by atoms with Gasteiger partial charge in [0.1, 0.15) is 18.0 Å². The average Bonchev–Trinajstić information content (AvgIpc) is 3.26. The number of alkyl halides is 3. The zero-order valence-electron chi connectivity index (χ0n) is 19.2. The highest BCUT2D eigenvalue weighted by Gasteiger charge is 2.31. The maximum atomic E-state index is 13.1. The fraction of sp³-hybridized carbons (Fsp3) is 0.435. The largest absolute Gasteiger partial charge is 0.416 e. The molecule has 9 nitrogen and oxygen atoms in total. The van der Waals surface area contributed by atoms with Gasteiger partial charge in [-0.3, -0.25) is 4.90 Å². The summed E-state index contributed by atoms with van der Waals surface area (Å²) < 4.78 is 51.1. The first-order valence-electron chi connectivity index (χ1n) is 11.3. The van der Waals surface area contributed by atoms with Crippen LogP contribution in [0.25, 0.3) is 5.69 Å². The molecule has 0 atom stereocenters. The number of piperazine rings is 1. The number of pyridine rings is 1. The standard InChI is InChI=1S/C23H26F3N7O2/c1-34-12-16-9-20(28-21(10-16)32-7-5-31(6-8-32)19-13-35-14-19)29-22-27-15-33(30-22)18-4-2-3-17(11-18)23(24,25)26/h2-4,9-11,15,19H,5-8,12-14H2,1H3,(H,28,29,30). The molecule has 2 aliphatic heterocycles. The fourth-order valence-corrected chi connectivity index (χ4v) is 4.18. The molecule has 35 heavy (non-hydrogen) atoms. The molecule has 186 valence electrons. The van der Waals surface area contributed by atoms with Gasteiger partial charge in [0.2, 0.25) is 5.95 Å². The van der Waals surface area contributed by atoms with E-state index >= 15 is 0 Å². The molecule has 5 rings (SSSR count). The number of nitrogens with one attached hydrogen (secondary N) is 1. The number of hydrogen-bond acceptors (Lipinski definition) is 8. The minimum atomic E-state index is -4.43. The predicted molar refractivity (Wildman–Crippen MR) is 123 cm³/mol. The molecular weight excluding hydrogens is 463 g/mol. The van der Waals surface area contributed by atoms with Crippen LogP contribution in [-0.2, 0) is 22.3 Å². The van der Waals surface area contributed by atoms with Crippen LogP contribution < -0.4 is 10.2 Å². The lowest BCUT2D eigenvalue weighted by Crippen LogP contribution is -2.56. The number of benzene rings is 1. The fourth-order valence-electron chi connectivity index (χ4n) is 4.18. The van der Waals surface area contributed by atoms with E-state index in [4.69, 9.17) is 14.5 Å². The first-order valence-corrected chi connectivity index (χ1v) is 11.3. The summed E-state index contributed by atoms with van der Waals surface area (Å²) in [7, 11) is 1.63. The van der Waals surface area contributed by atoms with Crippen LogP contribution in [0.4, 0.5) is 30.8 Å². The third-order valence-corrected chi connectivity index (χ3v) is 6.13. The van der Waals surface area contributed by atoms with Gasteiger partial charge in [-0.1, -0.05) is 6.07 Å². The molecule has 0 saturated carbocycles. The molecule has 2 aromatic heterocycles. The van der Waals surface area contributed by atoms with Crippen molar-refractivity contribution in [2.24, 2.45) is 0 Å². The molecular formula is C23H26F3N7O2. The van der Waals surface area contributed by atoms with E-state index in [0.717, 1.165) is 62.9 Å². The van der Waals surface area contributed by atoms with Crippen LogP contribution in [0.1, 0.15) is 11.1 Å². The van der Waals surface area contributed by atoms with Crippen LogP contribution in [0.15, 0.2) is 42.7 Å². The van der Waals surface area contributed by atoms with Crippen molar-refractivity contribution in [2.45, 2.75) is 18.8 Å². The minimum absolute atomic E-state index is 0.227. The van der Waals surface area contributed by atoms with E-state index in [2.05, 4.69) is 25.2 Å². The molecule has 2 saturated heterocycles. The van der Waals surface area contributed by atoms with Crippen molar-refractivity contribution in [1.29, 1.82) is 0 Å². The first kappa shape index (κ1) is 23.5. The Bertz CT molecular complexity index is 1160. The number of nitrogens with zero attached hydrogens (tertiary/aromatic N) is 6. The Morgan fingerprint density at radius 1 is 1.11 bits per heavy atom. The molecule has 12 heteroatoms. The van der Waals surface area contributed by atoms with E-state index in [1.165, 1.54) is 17.1 Å². The van der Waals surface area contributed by atoms with E-state index in [-0.39, 0.29) is 11.6 Å². The number of hydrogen-bond donors (Lipinski definition) is 1. The zero-order valence-corrected chi connectivity index (χ0v) is 19.2. The topological polar surface area (TPSA) is 80.6 Å². The van der Waals surface area contributed by atoms with Crippen molar-refractivity contribution < 1.29 is 22.6 Å². The zero-order chi connectivity index (χ0) is 24.4. The van der Waals surface area contributed by atoms with Crippen molar-refractivity contribution in [3.63, 3.8) is 0 Å². The molecule has 0 spiro atoms. The Morgan fingerprint density at radius 3 is 2.60 bits per heavy atom. The normalized spacial score (nSPS) is 17.4. The molecule has 3 aromatic rings. The van der Waals surface area contributed by atoms with Crippen molar-refractivity contribution in [2.75, 3.05) is 56.7 Å². The Balaban J connectivity index is 1.32. The smallest absolute Gasteiger partial charge is 0.380 e. The van der Waals surface area contributed by atoms with E-state index in [1.807, 2.05) is 12.1 Å². The van der Waals surface area contributed by atoms with Gasteiger partial charge >= 0.3 is 6.18 Å². The van der Waals surface area contributed by atoms with Crippen LogP contribution in [0.2, 0.25) is 0 Å². The van der Waals surface area contributed by atoms with Crippen molar-refractivity contribution >= 4 is 17.6 Å². The Kier molecular flexibility index (Phi) is 6.58. The van der Waals surface area contributed by atoms with Crippen LogP contribution in [0, 0.1) is 0 Å². The number of ether oxygens (including phenoxy) is 2. The lowest BCUT2D eigenvalue weighted by Gasteiger charge is -2.43. The summed E-state index contributed by atoms with van der Waals surface area (Å²) in [5.74, 6) is 1.58. The minimum Gasteiger partial charge on any atom is -0.380 e. The molecule has 4 heterocycles. The van der Waals surface area contributed by atoms with Crippen LogP contribution in [-0.4, -0.2) is 77.2 Å². The summed E-state index contributed by atoms with van der Waals surface area (Å²) in [5, 5.41) is 7.36. The Hall–Kier alpha value is -3.22. The van der Waals surface area contributed by atoms with E-state index in [1.54, 1.807) is 13.2 Å². The molecule has 0 radical (unpaired) electrons. The number of halogens is 3. The molecule has 1 N–H and O–H groups in total. The second kappa shape index (κ2) is 9.80. The number of aromatic nitrogens is 4. The van der Waals surface area contributed by atoms with Crippen molar-refractivity contribution in [3.8, 4) is 5.69 Å². The quantitative estimate of drug-likeness (QED) is 0.543. The summed E-state index contributed by atoms with van der Waals surface area (Å²) in [5.41, 5.74) is 0.451. The van der Waals surface area contributed by atoms with E-state index < -0.39 is 11.7 Å². The Labute approximate surface area is 200 Å². The maximum Gasteiger partial charge on any atom is 0.416 e. The predicted octanol–water partition coefficient (Wildman–Crippen LogP) is 3.09. The number of anilines is 3. The lowest BCUT2D eigenvalue weighted by molar-refractivity contribution is -0.137. The molecule has 0 bridgehead atoms. The van der Waals surface area contributed by atoms with E-state index in [0.29, 0.717) is 18.5 Å². The second-order valence-electron chi connectivity index (χ2n) is 8.55. The highest BCUT2D eigenvalue weighted by Crippen LogP contribution is 2.30. The third-order valence-electron chi connectivity index (χ3n) is 6.13. The van der Waals surface area contributed by atoms with Crippen LogP contribution in [0.3, 0.4) is 0 Å². The van der Waals surface area contributed by atoms with Gasteiger partial charge in [0, 0.05) is 33.3 Å². The summed E-state index contributed by atoms with van der Waals surface area (Å²) in [6, 6.07) is 9.30. The molecule has 0 amide bonds. The van der Waals surface area contributed by atoms with Gasteiger partial charge in [0.15, 0.2) is 0 Å². The maximum absolute atomic E-state index is 13.1. The van der Waals surface area contributed by atoms with Crippen LogP contribution in [0.5, 0.6) is 0 Å². The summed E-state index contributed by atoms with van der Waals surface area (Å²) in [6.45, 7) is 5.59. The molecule has 0 aliphatic carbocycles. The van der Waals surface area contributed by atoms with Gasteiger partial charge in [-0.2, -0.15) is 18.2 Å². The average molecular weight is 490 g/mol. The van der Waals surface area contributed by atoms with Crippen molar-refractivity contribution in [1.82, 2.24) is 24.6 Å². The van der Waals surface area contributed by atoms with Crippen molar-refractivity contribution in [3.05, 3.63) is 53.9 Å². The second-order valence-corrected chi connectivity index (χ2v) is 8.55. The number of rotatable bonds is 7. The van der Waals surface area contributed by atoms with Gasteiger partial charge in [0.25, 0.3) is 0 Å². The Morgan fingerprint density at radius 2 is 1.91 bits per heavy atom. The van der Waals surface area contributed by atoms with Gasteiger partial charge in [-0.15, -0.1) is 5.10 Å². The summed E-state index contributed by atoms with van der Waals surface area (Å²) in [6.07, 6.45) is -3.07. The van der Waals surface area contributed by atoms with Gasteiger partial charge in [-0.05, 0) is 35.9 Å². The molecule has 1 aromatic carbocycles.